The number of fused-ring (bicyclic) bond motifs is 1. The molecule has 21 heavy (non-hydrogen) atoms. The van der Waals surface area contributed by atoms with Crippen LogP contribution in [0, 0.1) is 0 Å². The fraction of sp³-hybridized carbons (Fsp3) is 0.214. The number of nitrogens with two attached hydrogens (primary N) is 1. The second-order valence-corrected chi connectivity index (χ2v) is 4.59. The maximum absolute atomic E-state index is 5.68. The van der Waals surface area contributed by atoms with Crippen LogP contribution in [0.2, 0.25) is 0 Å². The number of H-pyrrole nitrogens is 1. The molecule has 0 saturated carbocycles. The summed E-state index contributed by atoms with van der Waals surface area (Å²) in [6.07, 6.45) is 2.53. The van der Waals surface area contributed by atoms with Gasteiger partial charge in [-0.3, -0.25) is 5.10 Å². The average molecular weight is 284 g/mol. The van der Waals surface area contributed by atoms with Crippen LogP contribution >= 0.6 is 0 Å². The number of hydrogen-bond acceptors (Lipinski definition) is 6. The summed E-state index contributed by atoms with van der Waals surface area (Å²) < 4.78 is 5.21. The Labute approximate surface area is 121 Å². The monoisotopic (exact) mass is 284 g/mol. The number of methoxy groups -OCH3 is 1. The number of nitrogen functional groups attached to an aromatic ring is 1. The number of anilines is 2. The summed E-state index contributed by atoms with van der Waals surface area (Å²) in [5.74, 6) is 1.76. The van der Waals surface area contributed by atoms with Crippen molar-refractivity contribution in [2.45, 2.75) is 6.42 Å². The van der Waals surface area contributed by atoms with Crippen LogP contribution in [-0.2, 0) is 6.42 Å². The van der Waals surface area contributed by atoms with Crippen LogP contribution in [0.25, 0.3) is 11.0 Å². The Morgan fingerprint density at radius 2 is 2.24 bits per heavy atom. The summed E-state index contributed by atoms with van der Waals surface area (Å²) in [4.78, 5) is 8.29. The summed E-state index contributed by atoms with van der Waals surface area (Å²) >= 11 is 0. The molecule has 2 heterocycles. The van der Waals surface area contributed by atoms with Crippen molar-refractivity contribution in [1.82, 2.24) is 20.2 Å². The summed E-state index contributed by atoms with van der Waals surface area (Å²) in [6.45, 7) is 0.726. The standard InChI is InChI=1S/C14H16N6O/c1-21-10-4-2-3-9(7-10)5-6-16-12-11-8-17-20-13(11)19-14(15)18-12/h2-4,7-8H,5-6H2,1H3,(H4,15,16,17,18,19,20). The number of aromatic nitrogens is 4. The first kappa shape index (κ1) is 13.2. The van der Waals surface area contributed by atoms with E-state index in [1.165, 1.54) is 5.56 Å². The molecule has 0 atom stereocenters. The Balaban J connectivity index is 1.70. The van der Waals surface area contributed by atoms with Crippen LogP contribution in [0.4, 0.5) is 11.8 Å². The highest BCUT2D eigenvalue weighted by Crippen LogP contribution is 2.19. The molecule has 0 saturated heterocycles. The van der Waals surface area contributed by atoms with Crippen LogP contribution in [0.3, 0.4) is 0 Å². The lowest BCUT2D eigenvalue weighted by Gasteiger charge is -2.08. The van der Waals surface area contributed by atoms with Gasteiger partial charge in [0.05, 0.1) is 18.7 Å². The van der Waals surface area contributed by atoms with Crippen molar-refractivity contribution in [3.63, 3.8) is 0 Å². The van der Waals surface area contributed by atoms with Gasteiger partial charge in [0.25, 0.3) is 0 Å². The first-order valence-corrected chi connectivity index (χ1v) is 6.59. The van der Waals surface area contributed by atoms with Crippen molar-refractivity contribution in [2.24, 2.45) is 0 Å². The SMILES string of the molecule is COc1cccc(CCNc2nc(N)nc3[nH]ncc23)c1. The minimum atomic E-state index is 0.218. The zero-order valence-electron chi connectivity index (χ0n) is 11.6. The molecule has 108 valence electrons. The largest absolute Gasteiger partial charge is 0.497 e. The molecule has 1 aromatic carbocycles. The maximum atomic E-state index is 5.68. The van der Waals surface area contributed by atoms with Gasteiger partial charge < -0.3 is 15.8 Å². The van der Waals surface area contributed by atoms with Gasteiger partial charge in [0, 0.05) is 6.54 Å². The minimum absolute atomic E-state index is 0.218. The lowest BCUT2D eigenvalue weighted by molar-refractivity contribution is 0.414. The number of benzene rings is 1. The summed E-state index contributed by atoms with van der Waals surface area (Å²) in [6, 6.07) is 7.98. The molecular weight excluding hydrogens is 268 g/mol. The molecule has 7 nitrogen and oxygen atoms in total. The highest BCUT2D eigenvalue weighted by atomic mass is 16.5. The predicted molar refractivity (Wildman–Crippen MR) is 81.3 cm³/mol. The highest BCUT2D eigenvalue weighted by molar-refractivity contribution is 5.86. The molecule has 2 aromatic heterocycles. The quantitative estimate of drug-likeness (QED) is 0.657. The van der Waals surface area contributed by atoms with Crippen molar-refractivity contribution in [1.29, 1.82) is 0 Å². The van der Waals surface area contributed by atoms with Gasteiger partial charge in [-0.05, 0) is 24.1 Å². The van der Waals surface area contributed by atoms with E-state index in [0.29, 0.717) is 11.5 Å². The number of nitrogens with one attached hydrogen (secondary N) is 2. The fourth-order valence-electron chi connectivity index (χ4n) is 2.14. The highest BCUT2D eigenvalue weighted by Gasteiger charge is 2.07. The Morgan fingerprint density at radius 1 is 1.33 bits per heavy atom. The van der Waals surface area contributed by atoms with Crippen LogP contribution < -0.4 is 15.8 Å². The summed E-state index contributed by atoms with van der Waals surface area (Å²) in [7, 11) is 1.66. The number of nitrogens with zero attached hydrogens (tertiary/aromatic N) is 3. The zero-order valence-corrected chi connectivity index (χ0v) is 11.6. The van der Waals surface area contributed by atoms with Gasteiger partial charge in [-0.2, -0.15) is 15.1 Å². The van der Waals surface area contributed by atoms with Crippen molar-refractivity contribution < 1.29 is 4.74 Å². The molecule has 3 rings (SSSR count). The molecular formula is C14H16N6O. The number of ether oxygens (including phenoxy) is 1. The summed E-state index contributed by atoms with van der Waals surface area (Å²) in [5.41, 5.74) is 7.50. The Kier molecular flexibility index (Phi) is 3.55. The molecule has 0 bridgehead atoms. The number of hydrogen-bond donors (Lipinski definition) is 3. The third-order valence-electron chi connectivity index (χ3n) is 3.17. The number of rotatable bonds is 5. The van der Waals surface area contributed by atoms with E-state index in [9.17, 15) is 0 Å². The maximum Gasteiger partial charge on any atom is 0.224 e. The molecule has 0 unspecified atom stereocenters. The fourth-order valence-corrected chi connectivity index (χ4v) is 2.14. The van der Waals surface area contributed by atoms with E-state index in [4.69, 9.17) is 10.5 Å². The zero-order chi connectivity index (χ0) is 14.7. The van der Waals surface area contributed by atoms with Gasteiger partial charge in [-0.1, -0.05) is 12.1 Å². The molecule has 0 radical (unpaired) electrons. The molecule has 7 heteroatoms. The topological polar surface area (TPSA) is 102 Å². The lowest BCUT2D eigenvalue weighted by Crippen LogP contribution is -2.08. The van der Waals surface area contributed by atoms with Crippen molar-refractivity contribution >= 4 is 22.8 Å². The Bertz CT molecular complexity index is 754. The van der Waals surface area contributed by atoms with Crippen LogP contribution in [-0.4, -0.2) is 33.8 Å². The molecule has 3 aromatic rings. The van der Waals surface area contributed by atoms with Gasteiger partial charge in [-0.25, -0.2) is 0 Å². The molecule has 0 aliphatic heterocycles. The van der Waals surface area contributed by atoms with Crippen LogP contribution in [0.15, 0.2) is 30.5 Å². The lowest BCUT2D eigenvalue weighted by atomic mass is 10.1. The van der Waals surface area contributed by atoms with Gasteiger partial charge in [-0.15, -0.1) is 0 Å². The molecule has 0 amide bonds. The molecule has 0 aliphatic rings. The molecule has 0 spiro atoms. The third-order valence-corrected chi connectivity index (χ3v) is 3.17. The van der Waals surface area contributed by atoms with E-state index in [0.717, 1.165) is 24.1 Å². The summed E-state index contributed by atoms with van der Waals surface area (Å²) in [5, 5.41) is 10.8. The van der Waals surface area contributed by atoms with Crippen molar-refractivity contribution in [3.8, 4) is 5.75 Å². The van der Waals surface area contributed by atoms with E-state index in [2.05, 4.69) is 31.5 Å². The number of aromatic amines is 1. The second-order valence-electron chi connectivity index (χ2n) is 4.59. The molecule has 4 N–H and O–H groups in total. The van der Waals surface area contributed by atoms with Gasteiger partial charge in [0.1, 0.15) is 11.6 Å². The second kappa shape index (κ2) is 5.66. The minimum Gasteiger partial charge on any atom is -0.497 e. The molecule has 0 fully saturated rings. The van der Waals surface area contributed by atoms with E-state index in [1.807, 2.05) is 18.2 Å². The van der Waals surface area contributed by atoms with Gasteiger partial charge >= 0.3 is 0 Å². The van der Waals surface area contributed by atoms with Gasteiger partial charge in [0.15, 0.2) is 5.65 Å². The average Bonchev–Trinajstić information content (AvgIpc) is 2.95. The smallest absolute Gasteiger partial charge is 0.224 e. The van der Waals surface area contributed by atoms with Gasteiger partial charge in [0.2, 0.25) is 5.95 Å². The van der Waals surface area contributed by atoms with Crippen LogP contribution in [0.1, 0.15) is 5.56 Å². The predicted octanol–water partition coefficient (Wildman–Crippen LogP) is 1.60. The van der Waals surface area contributed by atoms with Crippen LogP contribution in [0.5, 0.6) is 5.75 Å². The first-order chi connectivity index (χ1) is 10.3. The van der Waals surface area contributed by atoms with E-state index in [1.54, 1.807) is 13.3 Å². The van der Waals surface area contributed by atoms with E-state index in [-0.39, 0.29) is 5.95 Å². The van der Waals surface area contributed by atoms with E-state index < -0.39 is 0 Å². The molecule has 0 aliphatic carbocycles. The Morgan fingerprint density at radius 3 is 3.10 bits per heavy atom. The van der Waals surface area contributed by atoms with E-state index >= 15 is 0 Å². The van der Waals surface area contributed by atoms with Crippen molar-refractivity contribution in [2.75, 3.05) is 24.7 Å². The van der Waals surface area contributed by atoms with Crippen molar-refractivity contribution in [3.05, 3.63) is 36.0 Å². The first-order valence-electron chi connectivity index (χ1n) is 6.59. The Hall–Kier alpha value is -2.83. The normalized spacial score (nSPS) is 10.7. The third kappa shape index (κ3) is 2.86.